The number of para-hydroxylation sites is 1. The number of morpholine rings is 1. The first-order valence-electron chi connectivity index (χ1n) is 9.10. The third kappa shape index (κ3) is 4.44. The molecule has 5 nitrogen and oxygen atoms in total. The number of ether oxygens (including phenoxy) is 2. The molecule has 0 unspecified atom stereocenters. The fourth-order valence-corrected chi connectivity index (χ4v) is 3.81. The van der Waals surface area contributed by atoms with Crippen molar-refractivity contribution in [2.24, 2.45) is 0 Å². The normalized spacial score (nSPS) is 14.1. The number of carbonyl (C=O) groups is 1. The number of amides is 1. The summed E-state index contributed by atoms with van der Waals surface area (Å²) < 4.78 is 37.6. The van der Waals surface area contributed by atoms with E-state index in [0.717, 1.165) is 17.7 Å². The van der Waals surface area contributed by atoms with Gasteiger partial charge in [0.15, 0.2) is 11.6 Å². The molecule has 3 aromatic rings. The lowest BCUT2D eigenvalue weighted by molar-refractivity contribution is 0.0299. The molecular weight excluding hydrogens is 398 g/mol. The molecule has 0 bridgehead atoms. The van der Waals surface area contributed by atoms with E-state index in [1.54, 1.807) is 16.3 Å². The maximum Gasteiger partial charge on any atom is 0.273 e. The van der Waals surface area contributed by atoms with Crippen LogP contribution in [-0.2, 0) is 11.3 Å². The Labute approximate surface area is 170 Å². The molecule has 0 N–H and O–H groups in total. The first-order chi connectivity index (χ1) is 14.1. The van der Waals surface area contributed by atoms with Crippen molar-refractivity contribution in [1.29, 1.82) is 0 Å². The van der Waals surface area contributed by atoms with Crippen molar-refractivity contribution in [3.63, 3.8) is 0 Å². The van der Waals surface area contributed by atoms with Gasteiger partial charge in [0.2, 0.25) is 0 Å². The molecule has 1 aromatic heterocycles. The molecule has 150 valence electrons. The SMILES string of the molecule is O=C(c1csc(-c2ccccc2OCc2ccc(F)c(F)c2)n1)N1CCOCC1. The van der Waals surface area contributed by atoms with Crippen LogP contribution in [0, 0.1) is 11.6 Å². The van der Waals surface area contributed by atoms with Gasteiger partial charge in [-0.3, -0.25) is 4.79 Å². The van der Waals surface area contributed by atoms with E-state index < -0.39 is 11.6 Å². The van der Waals surface area contributed by atoms with Crippen molar-refractivity contribution in [1.82, 2.24) is 9.88 Å². The van der Waals surface area contributed by atoms with E-state index in [2.05, 4.69) is 4.98 Å². The maximum atomic E-state index is 13.4. The minimum atomic E-state index is -0.912. The summed E-state index contributed by atoms with van der Waals surface area (Å²) in [5.41, 5.74) is 1.64. The summed E-state index contributed by atoms with van der Waals surface area (Å²) in [5, 5.41) is 2.39. The second-order valence-corrected chi connectivity index (χ2v) is 7.33. The lowest BCUT2D eigenvalue weighted by atomic mass is 10.2. The monoisotopic (exact) mass is 416 g/mol. The second kappa shape index (κ2) is 8.67. The number of nitrogens with zero attached hydrogens (tertiary/aromatic N) is 2. The standard InChI is InChI=1S/C21H18F2N2O3S/c22-16-6-5-14(11-17(16)23)12-28-19-4-2-1-3-15(19)20-24-18(13-29-20)21(26)25-7-9-27-10-8-25/h1-6,11,13H,7-10,12H2. The average molecular weight is 416 g/mol. The van der Waals surface area contributed by atoms with Gasteiger partial charge in [-0.1, -0.05) is 18.2 Å². The van der Waals surface area contributed by atoms with Gasteiger partial charge in [-0.2, -0.15) is 0 Å². The first-order valence-corrected chi connectivity index (χ1v) is 9.98. The van der Waals surface area contributed by atoms with E-state index in [0.29, 0.717) is 48.3 Å². The number of carbonyl (C=O) groups excluding carboxylic acids is 1. The number of aromatic nitrogens is 1. The van der Waals surface area contributed by atoms with E-state index in [1.165, 1.54) is 17.4 Å². The fraction of sp³-hybridized carbons (Fsp3) is 0.238. The Bertz CT molecular complexity index is 1020. The van der Waals surface area contributed by atoms with Crippen molar-refractivity contribution in [2.45, 2.75) is 6.61 Å². The van der Waals surface area contributed by atoms with E-state index >= 15 is 0 Å². The molecule has 0 radical (unpaired) electrons. The summed E-state index contributed by atoms with van der Waals surface area (Å²) in [6.07, 6.45) is 0. The summed E-state index contributed by atoms with van der Waals surface area (Å²) in [4.78, 5) is 18.8. The molecule has 0 spiro atoms. The fourth-order valence-electron chi connectivity index (χ4n) is 2.98. The molecule has 1 saturated heterocycles. The van der Waals surface area contributed by atoms with Crippen LogP contribution < -0.4 is 4.74 Å². The van der Waals surface area contributed by atoms with Gasteiger partial charge in [-0.05, 0) is 29.8 Å². The quantitative estimate of drug-likeness (QED) is 0.627. The van der Waals surface area contributed by atoms with Crippen LogP contribution in [-0.4, -0.2) is 42.1 Å². The summed E-state index contributed by atoms with van der Waals surface area (Å²) in [7, 11) is 0. The summed E-state index contributed by atoms with van der Waals surface area (Å²) >= 11 is 1.36. The van der Waals surface area contributed by atoms with Crippen LogP contribution in [0.1, 0.15) is 16.1 Å². The zero-order valence-corrected chi connectivity index (χ0v) is 16.3. The zero-order valence-electron chi connectivity index (χ0n) is 15.4. The van der Waals surface area contributed by atoms with Gasteiger partial charge < -0.3 is 14.4 Å². The Balaban J connectivity index is 1.51. The van der Waals surface area contributed by atoms with Gasteiger partial charge >= 0.3 is 0 Å². The molecule has 1 aliphatic heterocycles. The first kappa shape index (κ1) is 19.5. The summed E-state index contributed by atoms with van der Waals surface area (Å²) in [6, 6.07) is 11.0. The molecule has 29 heavy (non-hydrogen) atoms. The smallest absolute Gasteiger partial charge is 0.273 e. The minimum absolute atomic E-state index is 0.0825. The van der Waals surface area contributed by atoms with Crippen LogP contribution in [0.5, 0.6) is 5.75 Å². The van der Waals surface area contributed by atoms with Crippen LogP contribution in [0.25, 0.3) is 10.6 Å². The topological polar surface area (TPSA) is 51.7 Å². The minimum Gasteiger partial charge on any atom is -0.488 e. The van der Waals surface area contributed by atoms with Crippen LogP contribution in [0.15, 0.2) is 47.8 Å². The highest BCUT2D eigenvalue weighted by atomic mass is 32.1. The number of halogens is 2. The van der Waals surface area contributed by atoms with Crippen LogP contribution in [0.2, 0.25) is 0 Å². The maximum absolute atomic E-state index is 13.4. The van der Waals surface area contributed by atoms with E-state index in [-0.39, 0.29) is 12.5 Å². The number of rotatable bonds is 5. The molecule has 1 aliphatic rings. The van der Waals surface area contributed by atoms with Gasteiger partial charge in [0.05, 0.1) is 18.8 Å². The molecule has 0 atom stereocenters. The Hall–Kier alpha value is -2.84. The Morgan fingerprint density at radius 1 is 1.14 bits per heavy atom. The highest BCUT2D eigenvalue weighted by Gasteiger charge is 2.22. The van der Waals surface area contributed by atoms with Crippen molar-refractivity contribution in [2.75, 3.05) is 26.3 Å². The molecule has 4 rings (SSSR count). The molecule has 1 fully saturated rings. The molecule has 0 aliphatic carbocycles. The van der Waals surface area contributed by atoms with Crippen molar-refractivity contribution in [3.05, 3.63) is 70.7 Å². The Kier molecular flexibility index (Phi) is 5.82. The Morgan fingerprint density at radius 2 is 1.93 bits per heavy atom. The molecule has 2 aromatic carbocycles. The number of benzene rings is 2. The van der Waals surface area contributed by atoms with Crippen LogP contribution >= 0.6 is 11.3 Å². The molecule has 1 amide bonds. The van der Waals surface area contributed by atoms with Gasteiger partial charge in [-0.25, -0.2) is 13.8 Å². The molecular formula is C21H18F2N2O3S. The molecule has 8 heteroatoms. The number of thiazole rings is 1. The average Bonchev–Trinajstić information content (AvgIpc) is 3.25. The second-order valence-electron chi connectivity index (χ2n) is 6.48. The van der Waals surface area contributed by atoms with E-state index in [9.17, 15) is 13.6 Å². The van der Waals surface area contributed by atoms with E-state index in [4.69, 9.17) is 9.47 Å². The Morgan fingerprint density at radius 3 is 2.72 bits per heavy atom. The number of hydrogen-bond acceptors (Lipinski definition) is 5. The van der Waals surface area contributed by atoms with Crippen molar-refractivity contribution >= 4 is 17.2 Å². The van der Waals surface area contributed by atoms with Gasteiger partial charge in [0.25, 0.3) is 5.91 Å². The zero-order chi connectivity index (χ0) is 20.2. The predicted molar refractivity (Wildman–Crippen MR) is 105 cm³/mol. The van der Waals surface area contributed by atoms with E-state index in [1.807, 2.05) is 18.2 Å². The third-order valence-electron chi connectivity index (χ3n) is 4.52. The van der Waals surface area contributed by atoms with Crippen molar-refractivity contribution in [3.8, 4) is 16.3 Å². The lowest BCUT2D eigenvalue weighted by Gasteiger charge is -2.25. The van der Waals surface area contributed by atoms with Gasteiger partial charge in [-0.15, -0.1) is 11.3 Å². The van der Waals surface area contributed by atoms with Gasteiger partial charge in [0, 0.05) is 18.5 Å². The highest BCUT2D eigenvalue weighted by molar-refractivity contribution is 7.13. The lowest BCUT2D eigenvalue weighted by Crippen LogP contribution is -2.40. The van der Waals surface area contributed by atoms with Gasteiger partial charge in [0.1, 0.15) is 23.1 Å². The van der Waals surface area contributed by atoms with Crippen LogP contribution in [0.3, 0.4) is 0 Å². The molecule has 2 heterocycles. The summed E-state index contributed by atoms with van der Waals surface area (Å²) in [5.74, 6) is -1.37. The van der Waals surface area contributed by atoms with Crippen LogP contribution in [0.4, 0.5) is 8.78 Å². The highest BCUT2D eigenvalue weighted by Crippen LogP contribution is 2.33. The number of hydrogen-bond donors (Lipinski definition) is 0. The summed E-state index contributed by atoms with van der Waals surface area (Å²) in [6.45, 7) is 2.26. The largest absolute Gasteiger partial charge is 0.488 e. The van der Waals surface area contributed by atoms with Crippen molar-refractivity contribution < 1.29 is 23.0 Å². The third-order valence-corrected chi connectivity index (χ3v) is 5.39. The predicted octanol–water partition coefficient (Wildman–Crippen LogP) is 4.14. The molecule has 0 saturated carbocycles.